The Morgan fingerprint density at radius 2 is 2.00 bits per heavy atom. The van der Waals surface area contributed by atoms with E-state index >= 15 is 0 Å². The van der Waals surface area contributed by atoms with Crippen LogP contribution in [0.4, 0.5) is 0 Å². The molecule has 122 valence electrons. The monoisotopic (exact) mass is 368 g/mol. The van der Waals surface area contributed by atoms with Crippen LogP contribution in [0.3, 0.4) is 0 Å². The molecule has 1 amide bonds. The first-order valence-corrected chi connectivity index (χ1v) is 8.77. The van der Waals surface area contributed by atoms with E-state index in [1.165, 1.54) is 12.8 Å². The minimum atomic E-state index is 0.220. The van der Waals surface area contributed by atoms with Crippen molar-refractivity contribution in [3.05, 3.63) is 28.7 Å². The summed E-state index contributed by atoms with van der Waals surface area (Å²) in [4.78, 5) is 13.9. The SMILES string of the molecule is CN(CCOc1ccc(Br)cc1)C(=O)CCC1CCNCC1. The van der Waals surface area contributed by atoms with Gasteiger partial charge in [-0.3, -0.25) is 4.79 Å². The summed E-state index contributed by atoms with van der Waals surface area (Å²) >= 11 is 3.39. The van der Waals surface area contributed by atoms with E-state index in [-0.39, 0.29) is 5.91 Å². The van der Waals surface area contributed by atoms with Gasteiger partial charge in [0.15, 0.2) is 0 Å². The molecular formula is C17H25BrN2O2. The Hall–Kier alpha value is -1.07. The van der Waals surface area contributed by atoms with Crippen molar-refractivity contribution in [2.45, 2.75) is 25.7 Å². The van der Waals surface area contributed by atoms with Crippen LogP contribution in [-0.4, -0.2) is 44.1 Å². The maximum Gasteiger partial charge on any atom is 0.222 e. The molecule has 1 saturated heterocycles. The van der Waals surface area contributed by atoms with Crippen molar-refractivity contribution in [1.29, 1.82) is 0 Å². The van der Waals surface area contributed by atoms with E-state index in [2.05, 4.69) is 21.2 Å². The Balaban J connectivity index is 1.62. The lowest BCUT2D eigenvalue weighted by Gasteiger charge is -2.23. The highest BCUT2D eigenvalue weighted by Gasteiger charge is 2.16. The van der Waals surface area contributed by atoms with Gasteiger partial charge in [-0.15, -0.1) is 0 Å². The second-order valence-electron chi connectivity index (χ2n) is 5.85. The minimum Gasteiger partial charge on any atom is -0.492 e. The number of carbonyl (C=O) groups excluding carboxylic acids is 1. The maximum atomic E-state index is 12.1. The summed E-state index contributed by atoms with van der Waals surface area (Å²) in [5, 5.41) is 3.36. The first kappa shape index (κ1) is 17.3. The molecule has 1 N–H and O–H groups in total. The number of rotatable bonds is 7. The second kappa shape index (κ2) is 9.16. The molecule has 1 fully saturated rings. The molecule has 1 aliphatic rings. The quantitative estimate of drug-likeness (QED) is 0.803. The summed E-state index contributed by atoms with van der Waals surface area (Å²) in [6, 6.07) is 7.73. The fourth-order valence-corrected chi connectivity index (χ4v) is 2.91. The van der Waals surface area contributed by atoms with Gasteiger partial charge in [-0.1, -0.05) is 15.9 Å². The minimum absolute atomic E-state index is 0.220. The Kier molecular flexibility index (Phi) is 7.19. The highest BCUT2D eigenvalue weighted by Crippen LogP contribution is 2.18. The number of amides is 1. The zero-order valence-corrected chi connectivity index (χ0v) is 14.8. The van der Waals surface area contributed by atoms with Gasteiger partial charge in [0, 0.05) is 17.9 Å². The van der Waals surface area contributed by atoms with Crippen LogP contribution < -0.4 is 10.1 Å². The Morgan fingerprint density at radius 1 is 1.32 bits per heavy atom. The van der Waals surface area contributed by atoms with Crippen LogP contribution in [0, 0.1) is 5.92 Å². The van der Waals surface area contributed by atoms with E-state index in [4.69, 9.17) is 4.74 Å². The van der Waals surface area contributed by atoms with Crippen LogP contribution >= 0.6 is 15.9 Å². The van der Waals surface area contributed by atoms with Crippen molar-refractivity contribution in [3.8, 4) is 5.75 Å². The molecule has 2 rings (SSSR count). The summed E-state index contributed by atoms with van der Waals surface area (Å²) in [6.45, 7) is 3.34. The van der Waals surface area contributed by atoms with Crippen LogP contribution in [0.2, 0.25) is 0 Å². The number of halogens is 1. The van der Waals surface area contributed by atoms with Gasteiger partial charge in [0.1, 0.15) is 12.4 Å². The van der Waals surface area contributed by atoms with Gasteiger partial charge in [-0.2, -0.15) is 0 Å². The van der Waals surface area contributed by atoms with E-state index < -0.39 is 0 Å². The van der Waals surface area contributed by atoms with E-state index in [1.54, 1.807) is 4.90 Å². The molecule has 1 aromatic carbocycles. The normalized spacial score (nSPS) is 15.5. The van der Waals surface area contributed by atoms with Crippen molar-refractivity contribution >= 4 is 21.8 Å². The molecule has 22 heavy (non-hydrogen) atoms. The molecule has 0 aliphatic carbocycles. The second-order valence-corrected chi connectivity index (χ2v) is 6.77. The van der Waals surface area contributed by atoms with Crippen molar-refractivity contribution in [3.63, 3.8) is 0 Å². The number of ether oxygens (including phenoxy) is 1. The fourth-order valence-electron chi connectivity index (χ4n) is 2.64. The van der Waals surface area contributed by atoms with Gasteiger partial charge in [0.2, 0.25) is 5.91 Å². The van der Waals surface area contributed by atoms with Crippen molar-refractivity contribution in [2.24, 2.45) is 5.92 Å². The Bertz CT molecular complexity index is 458. The summed E-state index contributed by atoms with van der Waals surface area (Å²) in [6.07, 6.45) is 4.06. The summed E-state index contributed by atoms with van der Waals surface area (Å²) in [5.41, 5.74) is 0. The van der Waals surface area contributed by atoms with Gasteiger partial charge in [-0.05, 0) is 62.5 Å². The maximum absolute atomic E-state index is 12.1. The smallest absolute Gasteiger partial charge is 0.222 e. The molecular weight excluding hydrogens is 344 g/mol. The Morgan fingerprint density at radius 3 is 2.68 bits per heavy atom. The average Bonchev–Trinajstić information content (AvgIpc) is 2.55. The third-order valence-electron chi connectivity index (χ3n) is 4.16. The molecule has 4 nitrogen and oxygen atoms in total. The van der Waals surface area contributed by atoms with Crippen LogP contribution in [0.25, 0.3) is 0 Å². The summed E-state index contributed by atoms with van der Waals surface area (Å²) in [7, 11) is 1.86. The molecule has 0 spiro atoms. The molecule has 1 heterocycles. The van der Waals surface area contributed by atoms with E-state index in [9.17, 15) is 4.79 Å². The number of carbonyl (C=O) groups is 1. The first-order chi connectivity index (χ1) is 10.6. The van der Waals surface area contributed by atoms with Crippen LogP contribution in [-0.2, 0) is 4.79 Å². The van der Waals surface area contributed by atoms with E-state index in [0.717, 1.165) is 29.7 Å². The first-order valence-electron chi connectivity index (χ1n) is 7.98. The van der Waals surface area contributed by atoms with Gasteiger partial charge in [0.05, 0.1) is 6.54 Å². The molecule has 0 bridgehead atoms. The number of piperidine rings is 1. The van der Waals surface area contributed by atoms with Crippen LogP contribution in [0.5, 0.6) is 5.75 Å². The van der Waals surface area contributed by atoms with Crippen molar-refractivity contribution in [2.75, 3.05) is 33.3 Å². The van der Waals surface area contributed by atoms with E-state index in [0.29, 0.717) is 25.5 Å². The predicted molar refractivity (Wildman–Crippen MR) is 92.1 cm³/mol. The Labute approximate surface area is 141 Å². The number of benzene rings is 1. The lowest BCUT2D eigenvalue weighted by molar-refractivity contribution is -0.130. The molecule has 0 radical (unpaired) electrons. The molecule has 0 atom stereocenters. The lowest BCUT2D eigenvalue weighted by Crippen LogP contribution is -2.32. The predicted octanol–water partition coefficient (Wildman–Crippen LogP) is 3.07. The zero-order chi connectivity index (χ0) is 15.8. The van der Waals surface area contributed by atoms with Crippen molar-refractivity contribution in [1.82, 2.24) is 10.2 Å². The molecule has 0 unspecified atom stereocenters. The lowest BCUT2D eigenvalue weighted by atomic mass is 9.93. The third-order valence-corrected chi connectivity index (χ3v) is 4.69. The molecule has 1 aromatic rings. The topological polar surface area (TPSA) is 41.6 Å². The van der Waals surface area contributed by atoms with Gasteiger partial charge in [-0.25, -0.2) is 0 Å². The number of nitrogens with zero attached hydrogens (tertiary/aromatic N) is 1. The number of nitrogens with one attached hydrogen (secondary N) is 1. The van der Waals surface area contributed by atoms with Gasteiger partial charge >= 0.3 is 0 Å². The summed E-state index contributed by atoms with van der Waals surface area (Å²) in [5.74, 6) is 1.76. The third kappa shape index (κ3) is 5.97. The number of hydrogen-bond acceptors (Lipinski definition) is 3. The van der Waals surface area contributed by atoms with E-state index in [1.807, 2.05) is 31.3 Å². The molecule has 0 aromatic heterocycles. The largest absolute Gasteiger partial charge is 0.492 e. The zero-order valence-electron chi connectivity index (χ0n) is 13.2. The molecule has 5 heteroatoms. The van der Waals surface area contributed by atoms with Crippen LogP contribution in [0.15, 0.2) is 28.7 Å². The average molecular weight is 369 g/mol. The number of hydrogen-bond donors (Lipinski definition) is 1. The van der Waals surface area contributed by atoms with Gasteiger partial charge in [0.25, 0.3) is 0 Å². The highest BCUT2D eigenvalue weighted by atomic mass is 79.9. The molecule has 0 saturated carbocycles. The van der Waals surface area contributed by atoms with Crippen LogP contribution in [0.1, 0.15) is 25.7 Å². The standard InChI is InChI=1S/C17H25BrN2O2/c1-20(12-13-22-16-5-3-15(18)4-6-16)17(21)7-2-14-8-10-19-11-9-14/h3-6,14,19H,2,7-13H2,1H3. The molecule has 1 aliphatic heterocycles. The van der Waals surface area contributed by atoms with Crippen molar-refractivity contribution < 1.29 is 9.53 Å². The summed E-state index contributed by atoms with van der Waals surface area (Å²) < 4.78 is 6.69. The fraction of sp³-hybridized carbons (Fsp3) is 0.588. The highest BCUT2D eigenvalue weighted by molar-refractivity contribution is 9.10. The van der Waals surface area contributed by atoms with Gasteiger partial charge < -0.3 is 15.0 Å². The number of likely N-dealkylation sites (N-methyl/N-ethyl adjacent to an activating group) is 1.